The summed E-state index contributed by atoms with van der Waals surface area (Å²) >= 11 is 0. The first-order valence-electron chi connectivity index (χ1n) is 4.92. The summed E-state index contributed by atoms with van der Waals surface area (Å²) in [6.45, 7) is 0. The summed E-state index contributed by atoms with van der Waals surface area (Å²) in [5, 5.41) is 8.83. The summed E-state index contributed by atoms with van der Waals surface area (Å²) in [6, 6.07) is 0. The second kappa shape index (κ2) is 2.91. The summed E-state index contributed by atoms with van der Waals surface area (Å²) in [4.78, 5) is 29.2. The number of allylic oxidation sites excluding steroid dienone is 2. The van der Waals surface area contributed by atoms with Crippen LogP contribution in [0.5, 0.6) is 0 Å². The topological polar surface area (TPSA) is 82.5 Å². The molecule has 0 fully saturated rings. The van der Waals surface area contributed by atoms with E-state index < -0.39 is 5.97 Å². The molecule has 16 heavy (non-hydrogen) atoms. The van der Waals surface area contributed by atoms with Crippen LogP contribution in [0.3, 0.4) is 0 Å². The fourth-order valence-corrected chi connectivity index (χ4v) is 2.12. The summed E-state index contributed by atoms with van der Waals surface area (Å²) in [5.74, 6) is -0.543. The van der Waals surface area contributed by atoms with Crippen LogP contribution in [-0.2, 0) is 17.6 Å². The molecule has 2 heterocycles. The van der Waals surface area contributed by atoms with E-state index in [9.17, 15) is 9.59 Å². The number of aromatic amines is 1. The van der Waals surface area contributed by atoms with E-state index in [2.05, 4.69) is 9.98 Å². The molecule has 2 aliphatic rings. The Kier molecular flexibility index (Phi) is 1.65. The van der Waals surface area contributed by atoms with Crippen molar-refractivity contribution in [3.63, 3.8) is 0 Å². The van der Waals surface area contributed by atoms with E-state index >= 15 is 0 Å². The van der Waals surface area contributed by atoms with Crippen LogP contribution in [-0.4, -0.2) is 27.6 Å². The predicted molar refractivity (Wildman–Crippen MR) is 56.4 cm³/mol. The van der Waals surface area contributed by atoms with Crippen LogP contribution in [0.4, 0.5) is 5.82 Å². The standard InChI is InChI=1S/C11H8N2O3/c14-8-3-1-2-5-6-4-7(11(15)16)12-10(6)13-9(5)8/h1,3,13H,2,4H2,(H,15,16). The molecular formula is C11H8N2O3. The van der Waals surface area contributed by atoms with E-state index in [1.165, 1.54) is 6.08 Å². The molecule has 80 valence electrons. The van der Waals surface area contributed by atoms with Gasteiger partial charge in [0.05, 0.1) is 5.69 Å². The van der Waals surface area contributed by atoms with Crippen molar-refractivity contribution in [2.24, 2.45) is 4.99 Å². The molecule has 5 heteroatoms. The minimum Gasteiger partial charge on any atom is -0.477 e. The first-order chi connectivity index (χ1) is 7.66. The average Bonchev–Trinajstić information content (AvgIpc) is 2.76. The second-order valence-electron chi connectivity index (χ2n) is 3.82. The molecule has 0 aromatic carbocycles. The maximum Gasteiger partial charge on any atom is 0.350 e. The summed E-state index contributed by atoms with van der Waals surface area (Å²) in [6.07, 6.45) is 4.28. The van der Waals surface area contributed by atoms with Gasteiger partial charge in [-0.15, -0.1) is 0 Å². The molecule has 0 atom stereocenters. The molecule has 0 unspecified atom stereocenters. The van der Waals surface area contributed by atoms with E-state index in [0.717, 1.165) is 11.1 Å². The fourth-order valence-electron chi connectivity index (χ4n) is 2.12. The van der Waals surface area contributed by atoms with Gasteiger partial charge in [0.2, 0.25) is 5.78 Å². The minimum atomic E-state index is -1.00. The highest BCUT2D eigenvalue weighted by Gasteiger charge is 2.29. The average molecular weight is 216 g/mol. The molecule has 0 saturated heterocycles. The van der Waals surface area contributed by atoms with Crippen molar-refractivity contribution < 1.29 is 14.7 Å². The maximum atomic E-state index is 11.5. The Morgan fingerprint density at radius 2 is 2.25 bits per heavy atom. The zero-order valence-corrected chi connectivity index (χ0v) is 8.28. The minimum absolute atomic E-state index is 0.0669. The highest BCUT2D eigenvalue weighted by atomic mass is 16.4. The lowest BCUT2D eigenvalue weighted by Crippen LogP contribution is -2.14. The number of carbonyl (C=O) groups is 2. The lowest BCUT2D eigenvalue weighted by molar-refractivity contribution is -0.129. The van der Waals surface area contributed by atoms with Gasteiger partial charge in [0, 0.05) is 12.0 Å². The molecule has 0 spiro atoms. The van der Waals surface area contributed by atoms with Crippen molar-refractivity contribution in [2.75, 3.05) is 0 Å². The molecular weight excluding hydrogens is 208 g/mol. The first-order valence-corrected chi connectivity index (χ1v) is 4.92. The van der Waals surface area contributed by atoms with Crippen molar-refractivity contribution in [1.82, 2.24) is 4.98 Å². The third-order valence-electron chi connectivity index (χ3n) is 2.87. The summed E-state index contributed by atoms with van der Waals surface area (Å²) in [5.41, 5.74) is 2.43. The molecule has 1 aliphatic heterocycles. The molecule has 0 bridgehead atoms. The van der Waals surface area contributed by atoms with Crippen LogP contribution in [0.2, 0.25) is 0 Å². The third kappa shape index (κ3) is 1.08. The number of hydrogen-bond acceptors (Lipinski definition) is 3. The number of aromatic nitrogens is 1. The van der Waals surface area contributed by atoms with E-state index in [1.807, 2.05) is 0 Å². The van der Waals surface area contributed by atoms with Gasteiger partial charge in [0.1, 0.15) is 11.5 Å². The number of aliphatic imine (C=N–C) groups is 1. The SMILES string of the molecule is O=C(O)C1=Nc2[nH]c3c(c2C1)CC=CC3=O. The van der Waals surface area contributed by atoms with Crippen LogP contribution in [0.15, 0.2) is 17.1 Å². The molecule has 0 amide bonds. The highest BCUT2D eigenvalue weighted by Crippen LogP contribution is 2.33. The van der Waals surface area contributed by atoms with Crippen LogP contribution in [0, 0.1) is 0 Å². The van der Waals surface area contributed by atoms with Gasteiger partial charge in [-0.3, -0.25) is 4.79 Å². The van der Waals surface area contributed by atoms with Gasteiger partial charge in [0.25, 0.3) is 0 Å². The maximum absolute atomic E-state index is 11.5. The van der Waals surface area contributed by atoms with Gasteiger partial charge < -0.3 is 10.1 Å². The van der Waals surface area contributed by atoms with Gasteiger partial charge in [-0.25, -0.2) is 9.79 Å². The normalized spacial score (nSPS) is 17.0. The Morgan fingerprint density at radius 1 is 1.44 bits per heavy atom. The van der Waals surface area contributed by atoms with Crippen molar-refractivity contribution in [3.8, 4) is 0 Å². The van der Waals surface area contributed by atoms with Crippen molar-refractivity contribution in [2.45, 2.75) is 12.8 Å². The number of fused-ring (bicyclic) bond motifs is 3. The number of rotatable bonds is 1. The van der Waals surface area contributed by atoms with Gasteiger partial charge in [0.15, 0.2) is 0 Å². The number of aliphatic carboxylic acids is 1. The quantitative estimate of drug-likeness (QED) is 0.735. The molecule has 3 rings (SSSR count). The van der Waals surface area contributed by atoms with E-state index in [-0.39, 0.29) is 11.5 Å². The molecule has 1 aliphatic carbocycles. The zero-order valence-electron chi connectivity index (χ0n) is 8.28. The first kappa shape index (κ1) is 9.08. The van der Waals surface area contributed by atoms with Gasteiger partial charge in [-0.2, -0.15) is 0 Å². The van der Waals surface area contributed by atoms with Gasteiger partial charge >= 0.3 is 5.97 Å². The number of nitrogens with zero attached hydrogens (tertiary/aromatic N) is 1. The Hall–Kier alpha value is -2.17. The number of ketones is 1. The number of hydrogen-bond donors (Lipinski definition) is 2. The molecule has 1 aromatic rings. The number of carbonyl (C=O) groups excluding carboxylic acids is 1. The summed E-state index contributed by atoms with van der Waals surface area (Å²) in [7, 11) is 0. The number of carboxylic acids is 1. The van der Waals surface area contributed by atoms with Gasteiger partial charge in [-0.05, 0) is 18.1 Å². The lowest BCUT2D eigenvalue weighted by Gasteiger charge is -2.05. The monoisotopic (exact) mass is 216 g/mol. The number of carboxylic acid groups (broad SMARTS) is 1. The molecule has 0 saturated carbocycles. The van der Waals surface area contributed by atoms with Crippen molar-refractivity contribution >= 4 is 23.3 Å². The van der Waals surface area contributed by atoms with E-state index in [4.69, 9.17) is 5.11 Å². The second-order valence-corrected chi connectivity index (χ2v) is 3.82. The number of H-pyrrole nitrogens is 1. The van der Waals surface area contributed by atoms with E-state index in [0.29, 0.717) is 24.4 Å². The smallest absolute Gasteiger partial charge is 0.350 e. The number of nitrogens with one attached hydrogen (secondary N) is 1. The third-order valence-corrected chi connectivity index (χ3v) is 2.87. The Labute approximate surface area is 90.5 Å². The van der Waals surface area contributed by atoms with Crippen molar-refractivity contribution in [1.29, 1.82) is 0 Å². The highest BCUT2D eigenvalue weighted by molar-refractivity contribution is 6.37. The van der Waals surface area contributed by atoms with Gasteiger partial charge in [-0.1, -0.05) is 6.08 Å². The fraction of sp³-hybridized carbons (Fsp3) is 0.182. The molecule has 1 aromatic heterocycles. The zero-order chi connectivity index (χ0) is 11.3. The Bertz CT molecular complexity index is 578. The van der Waals surface area contributed by atoms with E-state index in [1.54, 1.807) is 6.08 Å². The molecule has 2 N–H and O–H groups in total. The lowest BCUT2D eigenvalue weighted by atomic mass is 9.98. The van der Waals surface area contributed by atoms with Crippen molar-refractivity contribution in [3.05, 3.63) is 29.0 Å². The van der Waals surface area contributed by atoms with Crippen LogP contribution in [0.25, 0.3) is 0 Å². The Balaban J connectivity index is 2.10. The van der Waals surface area contributed by atoms with Crippen LogP contribution in [0.1, 0.15) is 21.6 Å². The van der Waals surface area contributed by atoms with Crippen LogP contribution >= 0.6 is 0 Å². The molecule has 0 radical (unpaired) electrons. The largest absolute Gasteiger partial charge is 0.477 e. The summed E-state index contributed by atoms with van der Waals surface area (Å²) < 4.78 is 0. The predicted octanol–water partition coefficient (Wildman–Crippen LogP) is 1.02. The molecule has 5 nitrogen and oxygen atoms in total. The van der Waals surface area contributed by atoms with Crippen LogP contribution < -0.4 is 0 Å². The Morgan fingerprint density at radius 3 is 3.00 bits per heavy atom.